The lowest BCUT2D eigenvalue weighted by molar-refractivity contribution is 0.0593. The number of methoxy groups -OCH3 is 1. The molecular weight excluding hydrogens is 256 g/mol. The molecule has 8 heteroatoms. The van der Waals surface area contributed by atoms with Gasteiger partial charge < -0.3 is 4.74 Å². The first-order chi connectivity index (χ1) is 7.40. The van der Waals surface area contributed by atoms with Gasteiger partial charge in [-0.1, -0.05) is 6.92 Å². The molecule has 0 amide bonds. The summed E-state index contributed by atoms with van der Waals surface area (Å²) >= 11 is 0. The van der Waals surface area contributed by atoms with Gasteiger partial charge >= 0.3 is 5.97 Å². The molecule has 1 rings (SSSR count). The molecular formula is C8H11ClN2O4S. The number of hydrogen-bond acceptors (Lipinski definition) is 5. The van der Waals surface area contributed by atoms with E-state index in [2.05, 4.69) is 9.84 Å². The van der Waals surface area contributed by atoms with Crippen LogP contribution in [0, 0.1) is 0 Å². The molecule has 1 aromatic heterocycles. The van der Waals surface area contributed by atoms with Gasteiger partial charge in [0.05, 0.1) is 7.11 Å². The SMILES string of the molecule is CCCn1nc(C(=O)OC)cc1S(=O)(=O)Cl. The highest BCUT2D eigenvalue weighted by atomic mass is 35.7. The zero-order valence-electron chi connectivity index (χ0n) is 8.81. The lowest BCUT2D eigenvalue weighted by Crippen LogP contribution is -2.08. The zero-order valence-corrected chi connectivity index (χ0v) is 10.4. The highest BCUT2D eigenvalue weighted by Gasteiger charge is 2.22. The number of carbonyl (C=O) groups excluding carboxylic acids is 1. The second kappa shape index (κ2) is 4.84. The van der Waals surface area contributed by atoms with E-state index in [1.807, 2.05) is 6.92 Å². The van der Waals surface area contributed by atoms with Crippen LogP contribution in [0.5, 0.6) is 0 Å². The van der Waals surface area contributed by atoms with Crippen LogP contribution in [-0.4, -0.2) is 31.3 Å². The van der Waals surface area contributed by atoms with Crippen LogP contribution in [0.3, 0.4) is 0 Å². The van der Waals surface area contributed by atoms with E-state index in [1.54, 1.807) is 0 Å². The van der Waals surface area contributed by atoms with Gasteiger partial charge in [-0.05, 0) is 6.42 Å². The molecule has 0 aliphatic rings. The van der Waals surface area contributed by atoms with Crippen LogP contribution in [0.25, 0.3) is 0 Å². The van der Waals surface area contributed by atoms with Crippen LogP contribution < -0.4 is 0 Å². The average molecular weight is 267 g/mol. The lowest BCUT2D eigenvalue weighted by atomic mass is 10.4. The van der Waals surface area contributed by atoms with Crippen molar-refractivity contribution in [3.63, 3.8) is 0 Å². The van der Waals surface area contributed by atoms with E-state index >= 15 is 0 Å². The predicted molar refractivity (Wildman–Crippen MR) is 56.9 cm³/mol. The quantitative estimate of drug-likeness (QED) is 0.600. The first-order valence-corrected chi connectivity index (χ1v) is 6.82. The normalized spacial score (nSPS) is 11.4. The van der Waals surface area contributed by atoms with Crippen LogP contribution in [0.15, 0.2) is 11.1 Å². The summed E-state index contributed by atoms with van der Waals surface area (Å²) in [6.07, 6.45) is 0.668. The molecule has 0 N–H and O–H groups in total. The van der Waals surface area contributed by atoms with Gasteiger partial charge in [-0.25, -0.2) is 13.2 Å². The van der Waals surface area contributed by atoms with Gasteiger partial charge in [-0.15, -0.1) is 0 Å². The first kappa shape index (κ1) is 13.0. The molecule has 0 unspecified atom stereocenters. The van der Waals surface area contributed by atoms with Gasteiger partial charge in [-0.3, -0.25) is 4.68 Å². The Hall–Kier alpha value is -1.08. The van der Waals surface area contributed by atoms with Crippen LogP contribution in [0.2, 0.25) is 0 Å². The third kappa shape index (κ3) is 2.73. The van der Waals surface area contributed by atoms with Crippen molar-refractivity contribution in [2.24, 2.45) is 0 Å². The molecule has 1 heterocycles. The summed E-state index contributed by atoms with van der Waals surface area (Å²) in [5.41, 5.74) is -0.0739. The van der Waals surface area contributed by atoms with E-state index in [4.69, 9.17) is 10.7 Å². The molecule has 0 aromatic carbocycles. The summed E-state index contributed by atoms with van der Waals surface area (Å²) in [6.45, 7) is 2.21. The summed E-state index contributed by atoms with van der Waals surface area (Å²) in [6, 6.07) is 1.10. The van der Waals surface area contributed by atoms with E-state index in [-0.39, 0.29) is 10.7 Å². The number of ether oxygens (including phenoxy) is 1. The Balaban J connectivity index is 3.26. The predicted octanol–water partition coefficient (Wildman–Crippen LogP) is 1.01. The first-order valence-electron chi connectivity index (χ1n) is 4.51. The number of esters is 1. The average Bonchev–Trinajstić information content (AvgIpc) is 2.61. The Kier molecular flexibility index (Phi) is 3.93. The monoisotopic (exact) mass is 266 g/mol. The molecule has 1 aromatic rings. The van der Waals surface area contributed by atoms with E-state index in [0.717, 1.165) is 6.07 Å². The standard InChI is InChI=1S/C8H11ClN2O4S/c1-3-4-11-7(16(9,13)14)5-6(10-11)8(12)15-2/h5H,3-4H2,1-2H3. The van der Waals surface area contributed by atoms with Crippen molar-refractivity contribution in [2.75, 3.05) is 7.11 Å². The minimum absolute atomic E-state index is 0.0739. The van der Waals surface area contributed by atoms with Crippen molar-refractivity contribution in [3.05, 3.63) is 11.8 Å². The van der Waals surface area contributed by atoms with E-state index < -0.39 is 15.0 Å². The van der Waals surface area contributed by atoms with E-state index in [9.17, 15) is 13.2 Å². The topological polar surface area (TPSA) is 78.3 Å². The molecule has 0 radical (unpaired) electrons. The van der Waals surface area contributed by atoms with E-state index in [1.165, 1.54) is 11.8 Å². The molecule has 0 aliphatic carbocycles. The maximum absolute atomic E-state index is 11.2. The van der Waals surface area contributed by atoms with Crippen molar-refractivity contribution in [1.29, 1.82) is 0 Å². The Morgan fingerprint density at radius 2 is 2.25 bits per heavy atom. The summed E-state index contributed by atoms with van der Waals surface area (Å²) in [5.74, 6) is -0.698. The Morgan fingerprint density at radius 1 is 1.62 bits per heavy atom. The Labute approximate surface area is 97.6 Å². The molecule has 0 bridgehead atoms. The van der Waals surface area contributed by atoms with Crippen LogP contribution in [-0.2, 0) is 20.3 Å². The van der Waals surface area contributed by atoms with Crippen LogP contribution >= 0.6 is 10.7 Å². The van der Waals surface area contributed by atoms with Crippen molar-refractivity contribution >= 4 is 25.7 Å². The third-order valence-electron chi connectivity index (χ3n) is 1.82. The Bertz CT molecular complexity index is 494. The number of rotatable bonds is 4. The zero-order chi connectivity index (χ0) is 12.3. The molecule has 0 atom stereocenters. The minimum atomic E-state index is -3.91. The molecule has 0 spiro atoms. The lowest BCUT2D eigenvalue weighted by Gasteiger charge is -2.01. The fourth-order valence-corrected chi connectivity index (χ4v) is 2.18. The van der Waals surface area contributed by atoms with Gasteiger partial charge in [0.15, 0.2) is 10.7 Å². The summed E-state index contributed by atoms with van der Waals surface area (Å²) < 4.78 is 28.0. The second-order valence-electron chi connectivity index (χ2n) is 3.02. The van der Waals surface area contributed by atoms with Crippen LogP contribution in [0.4, 0.5) is 0 Å². The van der Waals surface area contributed by atoms with E-state index in [0.29, 0.717) is 13.0 Å². The van der Waals surface area contributed by atoms with Crippen LogP contribution in [0.1, 0.15) is 23.8 Å². The van der Waals surface area contributed by atoms with Crippen molar-refractivity contribution in [2.45, 2.75) is 24.9 Å². The number of halogens is 1. The number of hydrogen-bond donors (Lipinski definition) is 0. The summed E-state index contributed by atoms with van der Waals surface area (Å²) in [7, 11) is 2.50. The number of carbonyl (C=O) groups is 1. The van der Waals surface area contributed by atoms with Crippen molar-refractivity contribution in [3.8, 4) is 0 Å². The van der Waals surface area contributed by atoms with Gasteiger partial charge in [-0.2, -0.15) is 5.10 Å². The highest BCUT2D eigenvalue weighted by Crippen LogP contribution is 2.17. The molecule has 16 heavy (non-hydrogen) atoms. The smallest absolute Gasteiger partial charge is 0.358 e. The van der Waals surface area contributed by atoms with Crippen molar-refractivity contribution < 1.29 is 17.9 Å². The maximum atomic E-state index is 11.2. The van der Waals surface area contributed by atoms with Gasteiger partial charge in [0.25, 0.3) is 9.05 Å². The molecule has 0 fully saturated rings. The largest absolute Gasteiger partial charge is 0.464 e. The maximum Gasteiger partial charge on any atom is 0.358 e. The van der Waals surface area contributed by atoms with Gasteiger partial charge in [0, 0.05) is 23.3 Å². The van der Waals surface area contributed by atoms with Crippen molar-refractivity contribution in [1.82, 2.24) is 9.78 Å². The van der Waals surface area contributed by atoms with Gasteiger partial charge in [0.1, 0.15) is 0 Å². The fraction of sp³-hybridized carbons (Fsp3) is 0.500. The molecule has 0 saturated carbocycles. The summed E-state index contributed by atoms with van der Waals surface area (Å²) in [4.78, 5) is 11.2. The Morgan fingerprint density at radius 3 is 2.69 bits per heavy atom. The highest BCUT2D eigenvalue weighted by molar-refractivity contribution is 8.13. The molecule has 0 aliphatic heterocycles. The molecule has 6 nitrogen and oxygen atoms in total. The fourth-order valence-electron chi connectivity index (χ4n) is 1.17. The molecule has 0 saturated heterocycles. The number of aromatic nitrogens is 2. The van der Waals surface area contributed by atoms with Gasteiger partial charge in [0.2, 0.25) is 0 Å². The number of nitrogens with zero attached hydrogens (tertiary/aromatic N) is 2. The third-order valence-corrected chi connectivity index (χ3v) is 3.13. The second-order valence-corrected chi connectivity index (χ2v) is 5.53. The minimum Gasteiger partial charge on any atom is -0.464 e. The number of aryl methyl sites for hydroxylation is 1. The molecule has 90 valence electrons. The summed E-state index contributed by atoms with van der Waals surface area (Å²) in [5, 5.41) is 3.62.